The van der Waals surface area contributed by atoms with E-state index < -0.39 is 6.10 Å². The summed E-state index contributed by atoms with van der Waals surface area (Å²) >= 11 is 0. The molecule has 0 fully saturated rings. The van der Waals surface area contributed by atoms with Gasteiger partial charge in [-0.15, -0.1) is 0 Å². The number of esters is 3. The van der Waals surface area contributed by atoms with Crippen LogP contribution < -0.4 is 0 Å². The van der Waals surface area contributed by atoms with E-state index in [4.69, 9.17) is 14.2 Å². The summed E-state index contributed by atoms with van der Waals surface area (Å²) in [5, 5.41) is 0. The van der Waals surface area contributed by atoms with Crippen LogP contribution in [0.4, 0.5) is 0 Å². The van der Waals surface area contributed by atoms with Crippen LogP contribution in [0.1, 0.15) is 252 Å². The number of rotatable bonds is 49. The second-order valence-corrected chi connectivity index (χ2v) is 18.1. The molecule has 0 unspecified atom stereocenters. The minimum atomic E-state index is -0.830. The van der Waals surface area contributed by atoms with E-state index in [1.807, 2.05) is 0 Å². The van der Waals surface area contributed by atoms with Crippen molar-refractivity contribution in [1.29, 1.82) is 0 Å². The van der Waals surface area contributed by atoms with Gasteiger partial charge in [0.2, 0.25) is 0 Å². The molecule has 0 aliphatic carbocycles. The predicted octanol–water partition coefficient (Wildman–Crippen LogP) is 18.5. The van der Waals surface area contributed by atoms with Crippen LogP contribution in [0.5, 0.6) is 0 Å². The van der Waals surface area contributed by atoms with E-state index in [0.717, 1.165) is 77.0 Å². The maximum absolute atomic E-state index is 12.8. The minimum absolute atomic E-state index is 0.120. The van der Waals surface area contributed by atoms with Crippen molar-refractivity contribution < 1.29 is 28.6 Å². The fraction of sp³-hybridized carbons (Fsp3) is 0.689. The summed E-state index contributed by atoms with van der Waals surface area (Å²) in [7, 11) is 0. The first kappa shape index (κ1) is 63.3. The van der Waals surface area contributed by atoms with Gasteiger partial charge in [0.25, 0.3) is 0 Å². The Balaban J connectivity index is 4.57. The van der Waals surface area contributed by atoms with Crippen LogP contribution in [0.15, 0.2) is 97.2 Å². The van der Waals surface area contributed by atoms with E-state index in [9.17, 15) is 14.4 Å². The molecule has 0 aromatic rings. The molecule has 0 aromatic heterocycles. The molecule has 0 bridgehead atoms. The first-order valence-electron chi connectivity index (χ1n) is 27.7. The van der Waals surface area contributed by atoms with Crippen molar-refractivity contribution in [2.24, 2.45) is 0 Å². The maximum Gasteiger partial charge on any atom is 0.306 e. The van der Waals surface area contributed by atoms with Gasteiger partial charge in [-0.25, -0.2) is 0 Å². The lowest BCUT2D eigenvalue weighted by atomic mass is 10.1. The Bertz CT molecular complexity index is 1350. The van der Waals surface area contributed by atoms with E-state index in [2.05, 4.69) is 118 Å². The van der Waals surface area contributed by atoms with Crippen LogP contribution in [-0.2, 0) is 28.6 Å². The highest BCUT2D eigenvalue weighted by Crippen LogP contribution is 2.13. The van der Waals surface area contributed by atoms with Crippen molar-refractivity contribution >= 4 is 17.9 Å². The van der Waals surface area contributed by atoms with E-state index in [-0.39, 0.29) is 44.0 Å². The molecule has 0 heterocycles. The van der Waals surface area contributed by atoms with E-state index in [1.54, 1.807) is 0 Å². The van der Waals surface area contributed by atoms with E-state index in [0.29, 0.717) is 19.3 Å². The Hall–Kier alpha value is -3.67. The number of hydrogen-bond acceptors (Lipinski definition) is 6. The fourth-order valence-electron chi connectivity index (χ4n) is 7.33. The van der Waals surface area contributed by atoms with E-state index in [1.165, 1.54) is 122 Å². The van der Waals surface area contributed by atoms with Gasteiger partial charge in [-0.3, -0.25) is 14.4 Å². The molecule has 0 saturated carbocycles. The van der Waals surface area contributed by atoms with E-state index >= 15 is 0 Å². The zero-order chi connectivity index (χ0) is 48.6. The van der Waals surface area contributed by atoms with Gasteiger partial charge < -0.3 is 14.2 Å². The SMILES string of the molecule is CCCCC/C=C\C/C=C\C/C=C\C/C=C\CCCC(=O)O[C@H](COC(=O)CCC/C=C\C/C=C\C/C=C\CCCCCCCC)COC(=O)CCCCCCC/C=C\CCCCCCCC. The number of unbranched alkanes of at least 4 members (excludes halogenated alkanes) is 22. The molecule has 0 N–H and O–H groups in total. The van der Waals surface area contributed by atoms with Gasteiger partial charge in [0.15, 0.2) is 6.10 Å². The zero-order valence-electron chi connectivity index (χ0n) is 43.6. The van der Waals surface area contributed by atoms with Crippen LogP contribution >= 0.6 is 0 Å². The molecule has 0 amide bonds. The molecule has 0 aromatic carbocycles. The lowest BCUT2D eigenvalue weighted by molar-refractivity contribution is -0.167. The maximum atomic E-state index is 12.8. The van der Waals surface area contributed by atoms with Gasteiger partial charge in [0, 0.05) is 19.3 Å². The lowest BCUT2D eigenvalue weighted by Crippen LogP contribution is -2.30. The van der Waals surface area contributed by atoms with Gasteiger partial charge in [0.1, 0.15) is 13.2 Å². The van der Waals surface area contributed by atoms with Gasteiger partial charge in [-0.05, 0) is 116 Å². The number of allylic oxidation sites excluding steroid dienone is 16. The standard InChI is InChI=1S/C61H102O6/c1-4-7-10-13-16-19-22-25-28-30-33-36-39-42-45-48-51-54-60(63)66-57-58(56-65-59(62)53-50-47-44-41-38-35-32-27-24-21-18-15-12-9-6-3)67-61(64)55-52-49-46-43-40-37-34-31-29-26-23-20-17-14-11-8-5-2/h17,20,25-29,32-34,36-37,42-43,45-46,58H,4-16,18-19,21-24,30-31,35,38-41,44,47-57H2,1-3H3/b20-17-,28-25-,29-26-,32-27-,36-33-,37-34-,45-42-,46-43-/t58-/m0/s1. The second-order valence-electron chi connectivity index (χ2n) is 18.1. The van der Waals surface area contributed by atoms with Crippen LogP contribution in [0.3, 0.4) is 0 Å². The average Bonchev–Trinajstić information content (AvgIpc) is 3.33. The third-order valence-corrected chi connectivity index (χ3v) is 11.5. The summed E-state index contributed by atoms with van der Waals surface area (Å²) in [6.45, 7) is 6.50. The van der Waals surface area contributed by atoms with Crippen LogP contribution in [0, 0.1) is 0 Å². The van der Waals surface area contributed by atoms with Crippen molar-refractivity contribution in [2.75, 3.05) is 13.2 Å². The van der Waals surface area contributed by atoms with Crippen molar-refractivity contribution in [1.82, 2.24) is 0 Å². The Labute approximate surface area is 413 Å². The molecular formula is C61H102O6. The number of ether oxygens (including phenoxy) is 3. The Kier molecular flexibility index (Phi) is 51.9. The smallest absolute Gasteiger partial charge is 0.306 e. The molecule has 6 heteroatoms. The topological polar surface area (TPSA) is 78.9 Å². The Morgan fingerprint density at radius 1 is 0.299 bits per heavy atom. The molecule has 6 nitrogen and oxygen atoms in total. The van der Waals surface area contributed by atoms with Gasteiger partial charge >= 0.3 is 17.9 Å². The molecule has 0 aliphatic heterocycles. The summed E-state index contributed by atoms with van der Waals surface area (Å²) in [5.74, 6) is -1.04. The monoisotopic (exact) mass is 931 g/mol. The molecular weight excluding hydrogens is 829 g/mol. The minimum Gasteiger partial charge on any atom is -0.462 e. The molecule has 0 spiro atoms. The summed E-state index contributed by atoms with van der Waals surface area (Å²) in [5.41, 5.74) is 0. The van der Waals surface area contributed by atoms with Crippen LogP contribution in [-0.4, -0.2) is 37.2 Å². The third kappa shape index (κ3) is 53.2. The van der Waals surface area contributed by atoms with Crippen LogP contribution in [0.25, 0.3) is 0 Å². The first-order chi connectivity index (χ1) is 33.0. The highest BCUT2D eigenvalue weighted by atomic mass is 16.6. The fourth-order valence-corrected chi connectivity index (χ4v) is 7.33. The summed E-state index contributed by atoms with van der Waals surface area (Å²) in [6.07, 6.45) is 72.6. The molecule has 0 aliphatic rings. The highest BCUT2D eigenvalue weighted by molar-refractivity contribution is 5.71. The lowest BCUT2D eigenvalue weighted by Gasteiger charge is -2.18. The normalized spacial score (nSPS) is 12.8. The van der Waals surface area contributed by atoms with Gasteiger partial charge in [-0.1, -0.05) is 214 Å². The quantitative estimate of drug-likeness (QED) is 0.0262. The third-order valence-electron chi connectivity index (χ3n) is 11.5. The van der Waals surface area contributed by atoms with Gasteiger partial charge in [-0.2, -0.15) is 0 Å². The summed E-state index contributed by atoms with van der Waals surface area (Å²) in [6, 6.07) is 0. The average molecular weight is 931 g/mol. The number of hydrogen-bond donors (Lipinski definition) is 0. The van der Waals surface area contributed by atoms with Crippen molar-refractivity contribution in [3.05, 3.63) is 97.2 Å². The largest absolute Gasteiger partial charge is 0.462 e. The van der Waals surface area contributed by atoms with Crippen molar-refractivity contribution in [3.8, 4) is 0 Å². The molecule has 382 valence electrons. The highest BCUT2D eigenvalue weighted by Gasteiger charge is 2.19. The predicted molar refractivity (Wildman–Crippen MR) is 288 cm³/mol. The Morgan fingerprint density at radius 2 is 0.552 bits per heavy atom. The second kappa shape index (κ2) is 54.9. The zero-order valence-corrected chi connectivity index (χ0v) is 43.6. The molecule has 0 radical (unpaired) electrons. The van der Waals surface area contributed by atoms with Crippen molar-refractivity contribution in [3.63, 3.8) is 0 Å². The van der Waals surface area contributed by atoms with Crippen LogP contribution in [0.2, 0.25) is 0 Å². The summed E-state index contributed by atoms with van der Waals surface area (Å²) < 4.78 is 16.7. The van der Waals surface area contributed by atoms with Gasteiger partial charge in [0.05, 0.1) is 0 Å². The molecule has 67 heavy (non-hydrogen) atoms. The molecule has 0 saturated heterocycles. The number of carbonyl (C=O) groups excluding carboxylic acids is 3. The molecule has 1 atom stereocenters. The number of carbonyl (C=O) groups is 3. The van der Waals surface area contributed by atoms with Crippen molar-refractivity contribution in [2.45, 2.75) is 258 Å². The first-order valence-corrected chi connectivity index (χ1v) is 27.7. The summed E-state index contributed by atoms with van der Waals surface area (Å²) in [4.78, 5) is 38.0. The molecule has 0 rings (SSSR count). The Morgan fingerprint density at radius 3 is 0.940 bits per heavy atom.